The lowest BCUT2D eigenvalue weighted by molar-refractivity contribution is -0.140. The number of amides is 1. The molecule has 2 aliphatic carbocycles. The molecule has 0 saturated heterocycles. The predicted molar refractivity (Wildman–Crippen MR) is 117 cm³/mol. The number of alkyl carbamates (subject to hydrolysis) is 1. The number of carbonyl (C=O) groups is 2. The van der Waals surface area contributed by atoms with E-state index in [9.17, 15) is 14.7 Å². The highest BCUT2D eigenvalue weighted by atomic mass is 16.5. The maximum atomic E-state index is 12.5. The molecule has 3 unspecified atom stereocenters. The number of nitrogens with one attached hydrogen (secondary N) is 1. The van der Waals surface area contributed by atoms with E-state index in [1.165, 1.54) is 0 Å². The van der Waals surface area contributed by atoms with Crippen LogP contribution in [0.1, 0.15) is 34.9 Å². The number of aliphatic carboxylic acids is 1. The van der Waals surface area contributed by atoms with Crippen molar-refractivity contribution in [2.45, 2.75) is 24.3 Å². The van der Waals surface area contributed by atoms with Gasteiger partial charge in [-0.25, -0.2) is 9.59 Å². The maximum Gasteiger partial charge on any atom is 0.407 e. The Bertz CT molecular complexity index is 1080. The van der Waals surface area contributed by atoms with E-state index in [-0.39, 0.29) is 24.4 Å². The normalized spacial score (nSPS) is 19.7. The molecule has 1 amide bonds. The molecule has 0 aliphatic heterocycles. The van der Waals surface area contributed by atoms with E-state index < -0.39 is 18.1 Å². The molecule has 0 radical (unpaired) electrons. The Balaban J connectivity index is 1.25. The van der Waals surface area contributed by atoms with Crippen molar-refractivity contribution in [3.63, 3.8) is 0 Å². The average molecular weight is 413 g/mol. The van der Waals surface area contributed by atoms with Crippen LogP contribution >= 0.6 is 0 Å². The molecule has 0 heterocycles. The lowest BCUT2D eigenvalue weighted by Gasteiger charge is -2.17. The summed E-state index contributed by atoms with van der Waals surface area (Å²) < 4.78 is 5.53. The number of carboxylic acid groups (broad SMARTS) is 1. The molecule has 0 spiro atoms. The summed E-state index contributed by atoms with van der Waals surface area (Å²) in [5, 5.41) is 12.3. The highest BCUT2D eigenvalue weighted by Gasteiger charge is 2.47. The molecule has 3 atom stereocenters. The number of benzene rings is 3. The first-order chi connectivity index (χ1) is 15.1. The van der Waals surface area contributed by atoms with Crippen LogP contribution in [0.15, 0.2) is 78.9 Å². The Morgan fingerprint density at radius 1 is 0.903 bits per heavy atom. The van der Waals surface area contributed by atoms with E-state index in [4.69, 9.17) is 4.74 Å². The number of fused-ring (bicyclic) bond motifs is 3. The Morgan fingerprint density at radius 2 is 1.48 bits per heavy atom. The number of rotatable bonds is 6. The Kier molecular flexibility index (Phi) is 4.94. The smallest absolute Gasteiger partial charge is 0.407 e. The third-order valence-corrected chi connectivity index (χ3v) is 6.38. The van der Waals surface area contributed by atoms with Crippen LogP contribution in [0.25, 0.3) is 11.1 Å². The van der Waals surface area contributed by atoms with E-state index in [0.717, 1.165) is 34.2 Å². The summed E-state index contributed by atoms with van der Waals surface area (Å²) in [5.74, 6) is -1.06. The number of hydrogen-bond acceptors (Lipinski definition) is 3. The van der Waals surface area contributed by atoms with Crippen LogP contribution in [0, 0.1) is 5.92 Å². The third-order valence-electron chi connectivity index (χ3n) is 6.38. The average Bonchev–Trinajstić information content (AvgIpc) is 3.53. The topological polar surface area (TPSA) is 75.6 Å². The van der Waals surface area contributed by atoms with Crippen molar-refractivity contribution in [3.05, 3.63) is 95.6 Å². The van der Waals surface area contributed by atoms with Gasteiger partial charge in [-0.1, -0.05) is 78.9 Å². The quantitative estimate of drug-likeness (QED) is 0.610. The second-order valence-corrected chi connectivity index (χ2v) is 8.20. The first kappa shape index (κ1) is 19.4. The summed E-state index contributed by atoms with van der Waals surface area (Å²) in [6.45, 7) is 0.166. The zero-order valence-electron chi connectivity index (χ0n) is 16.9. The lowest BCUT2D eigenvalue weighted by Crippen LogP contribution is -2.43. The highest BCUT2D eigenvalue weighted by Crippen LogP contribution is 2.49. The number of carbonyl (C=O) groups excluding carboxylic acids is 1. The van der Waals surface area contributed by atoms with Gasteiger partial charge in [0.05, 0.1) is 0 Å². The second kappa shape index (κ2) is 7.91. The van der Waals surface area contributed by atoms with Gasteiger partial charge in [0, 0.05) is 5.92 Å². The number of hydrogen-bond donors (Lipinski definition) is 2. The van der Waals surface area contributed by atoms with Gasteiger partial charge in [0.15, 0.2) is 0 Å². The molecule has 156 valence electrons. The molecular formula is C26H23NO4. The summed E-state index contributed by atoms with van der Waals surface area (Å²) in [6, 6.07) is 25.1. The number of ether oxygens (including phenoxy) is 1. The van der Waals surface area contributed by atoms with E-state index in [0.29, 0.717) is 0 Å². The standard InChI is InChI=1S/C26H23NO4/c28-25(29)24(22-14-21(22)16-8-2-1-3-9-16)27-26(30)31-15-23-19-12-6-4-10-17(19)18-11-5-7-13-20(18)23/h1-13,21-24H,14-15H2,(H,27,30)(H,28,29). The molecule has 5 heteroatoms. The van der Waals surface area contributed by atoms with E-state index in [1.54, 1.807) is 0 Å². The Morgan fingerprint density at radius 3 is 2.10 bits per heavy atom. The maximum absolute atomic E-state index is 12.5. The van der Waals surface area contributed by atoms with Gasteiger partial charge in [-0.3, -0.25) is 0 Å². The molecular weight excluding hydrogens is 390 g/mol. The first-order valence-electron chi connectivity index (χ1n) is 10.5. The van der Waals surface area contributed by atoms with Crippen LogP contribution in [0.3, 0.4) is 0 Å². The van der Waals surface area contributed by atoms with Crippen LogP contribution in [-0.4, -0.2) is 29.8 Å². The van der Waals surface area contributed by atoms with Crippen molar-refractivity contribution in [1.29, 1.82) is 0 Å². The lowest BCUT2D eigenvalue weighted by atomic mass is 9.98. The summed E-state index contributed by atoms with van der Waals surface area (Å²) in [7, 11) is 0. The van der Waals surface area contributed by atoms with Gasteiger partial charge in [0.25, 0.3) is 0 Å². The van der Waals surface area contributed by atoms with Gasteiger partial charge >= 0.3 is 12.1 Å². The number of carboxylic acids is 1. The molecule has 1 fully saturated rings. The molecule has 1 saturated carbocycles. The van der Waals surface area contributed by atoms with Gasteiger partial charge in [-0.2, -0.15) is 0 Å². The molecule has 5 nitrogen and oxygen atoms in total. The molecule has 3 aromatic carbocycles. The van der Waals surface area contributed by atoms with Crippen LogP contribution in [0.5, 0.6) is 0 Å². The van der Waals surface area contributed by atoms with E-state index >= 15 is 0 Å². The van der Waals surface area contributed by atoms with Gasteiger partial charge in [-0.05, 0) is 46.1 Å². The summed E-state index contributed by atoms with van der Waals surface area (Å²) in [4.78, 5) is 24.3. The van der Waals surface area contributed by atoms with Crippen molar-refractivity contribution in [2.24, 2.45) is 5.92 Å². The minimum absolute atomic E-state index is 0.0561. The summed E-state index contributed by atoms with van der Waals surface area (Å²) >= 11 is 0. The largest absolute Gasteiger partial charge is 0.480 e. The molecule has 2 aliphatic rings. The summed E-state index contributed by atoms with van der Waals surface area (Å²) in [5.41, 5.74) is 5.65. The predicted octanol–water partition coefficient (Wildman–Crippen LogP) is 4.78. The van der Waals surface area contributed by atoms with Crippen LogP contribution in [0.4, 0.5) is 4.79 Å². The first-order valence-corrected chi connectivity index (χ1v) is 10.5. The van der Waals surface area contributed by atoms with Crippen molar-refractivity contribution >= 4 is 12.1 Å². The minimum atomic E-state index is -1.03. The van der Waals surface area contributed by atoms with Crippen molar-refractivity contribution in [2.75, 3.05) is 6.61 Å². The van der Waals surface area contributed by atoms with Crippen molar-refractivity contribution in [3.8, 4) is 11.1 Å². The van der Waals surface area contributed by atoms with Crippen LogP contribution in [-0.2, 0) is 9.53 Å². The van der Waals surface area contributed by atoms with Gasteiger partial charge in [0.2, 0.25) is 0 Å². The Labute approximate surface area is 180 Å². The molecule has 31 heavy (non-hydrogen) atoms. The van der Waals surface area contributed by atoms with E-state index in [2.05, 4.69) is 29.6 Å². The second-order valence-electron chi connectivity index (χ2n) is 8.20. The molecule has 0 aromatic heterocycles. The van der Waals surface area contributed by atoms with Crippen LogP contribution < -0.4 is 5.32 Å². The van der Waals surface area contributed by atoms with Crippen LogP contribution in [0.2, 0.25) is 0 Å². The van der Waals surface area contributed by atoms with Gasteiger partial charge in [-0.15, -0.1) is 0 Å². The highest BCUT2D eigenvalue weighted by molar-refractivity contribution is 5.81. The zero-order chi connectivity index (χ0) is 21.4. The molecule has 3 aromatic rings. The van der Waals surface area contributed by atoms with Crippen molar-refractivity contribution < 1.29 is 19.4 Å². The molecule has 0 bridgehead atoms. The van der Waals surface area contributed by atoms with Crippen molar-refractivity contribution in [1.82, 2.24) is 5.32 Å². The zero-order valence-corrected chi connectivity index (χ0v) is 16.9. The minimum Gasteiger partial charge on any atom is -0.480 e. The third kappa shape index (κ3) is 3.67. The van der Waals surface area contributed by atoms with Gasteiger partial charge < -0.3 is 15.2 Å². The Hall–Kier alpha value is -3.60. The fourth-order valence-corrected chi connectivity index (χ4v) is 4.79. The fourth-order valence-electron chi connectivity index (χ4n) is 4.79. The fraction of sp³-hybridized carbons (Fsp3) is 0.231. The SMILES string of the molecule is O=C(NC(C(=O)O)C1CC1c1ccccc1)OCC1c2ccccc2-c2ccccc21. The monoisotopic (exact) mass is 413 g/mol. The van der Waals surface area contributed by atoms with E-state index in [1.807, 2.05) is 54.6 Å². The molecule has 2 N–H and O–H groups in total. The summed E-state index contributed by atoms with van der Waals surface area (Å²) in [6.07, 6.45) is 0.0536. The molecule has 5 rings (SSSR count). The van der Waals surface area contributed by atoms with Gasteiger partial charge in [0.1, 0.15) is 12.6 Å².